The van der Waals surface area contributed by atoms with Gasteiger partial charge in [0.15, 0.2) is 0 Å². The van der Waals surface area contributed by atoms with Crippen LogP contribution in [0.15, 0.2) is 48.8 Å². The summed E-state index contributed by atoms with van der Waals surface area (Å²) in [5.74, 6) is -0.272. The topological polar surface area (TPSA) is 44.1 Å². The molecule has 0 atom stereocenters. The van der Waals surface area contributed by atoms with Crippen molar-refractivity contribution < 1.29 is 9.53 Å². The minimum atomic E-state index is -0.910. The van der Waals surface area contributed by atoms with E-state index >= 15 is 0 Å². The molecule has 0 unspecified atom stereocenters. The Hall–Kier alpha value is -2.40. The predicted molar refractivity (Wildman–Crippen MR) is 99.7 cm³/mol. The SMILES string of the molecule is CCOC(=O)c1cc2ccc([SiH](C)C)cc2n1Cc1ccncc1. The van der Waals surface area contributed by atoms with Gasteiger partial charge in [0, 0.05) is 29.8 Å². The van der Waals surface area contributed by atoms with Crippen molar-refractivity contribution in [1.82, 2.24) is 9.55 Å². The van der Waals surface area contributed by atoms with Gasteiger partial charge in [-0.1, -0.05) is 30.4 Å². The molecule has 0 bridgehead atoms. The fraction of sp³-hybridized carbons (Fsp3) is 0.263. The van der Waals surface area contributed by atoms with Crippen molar-refractivity contribution in [3.8, 4) is 0 Å². The first-order valence-electron chi connectivity index (χ1n) is 8.29. The van der Waals surface area contributed by atoms with E-state index in [-0.39, 0.29) is 5.97 Å². The van der Waals surface area contributed by atoms with Crippen LogP contribution in [0.25, 0.3) is 10.9 Å². The maximum atomic E-state index is 12.4. The zero-order valence-corrected chi connectivity index (χ0v) is 15.5. The number of benzene rings is 1. The number of ether oxygens (including phenoxy) is 1. The first-order valence-corrected chi connectivity index (χ1v) is 11.2. The maximum absolute atomic E-state index is 12.4. The summed E-state index contributed by atoms with van der Waals surface area (Å²) in [6.45, 7) is 7.45. The summed E-state index contributed by atoms with van der Waals surface area (Å²) in [5.41, 5.74) is 2.81. The maximum Gasteiger partial charge on any atom is 0.354 e. The minimum Gasteiger partial charge on any atom is -0.461 e. The highest BCUT2D eigenvalue weighted by molar-refractivity contribution is 6.70. The van der Waals surface area contributed by atoms with Gasteiger partial charge in [-0.15, -0.1) is 0 Å². The fourth-order valence-electron chi connectivity index (χ4n) is 2.85. The van der Waals surface area contributed by atoms with E-state index in [1.54, 1.807) is 12.4 Å². The smallest absolute Gasteiger partial charge is 0.354 e. The van der Waals surface area contributed by atoms with E-state index in [9.17, 15) is 4.79 Å². The molecule has 3 aromatic rings. The second kappa shape index (κ2) is 7.01. The number of carbonyl (C=O) groups is 1. The van der Waals surface area contributed by atoms with Crippen LogP contribution in [-0.2, 0) is 11.3 Å². The molecule has 0 saturated heterocycles. The van der Waals surface area contributed by atoms with Gasteiger partial charge < -0.3 is 9.30 Å². The van der Waals surface area contributed by atoms with Gasteiger partial charge in [0.2, 0.25) is 0 Å². The van der Waals surface area contributed by atoms with Crippen LogP contribution in [0.3, 0.4) is 0 Å². The zero-order chi connectivity index (χ0) is 17.1. The molecule has 2 heterocycles. The molecule has 0 aliphatic heterocycles. The molecule has 0 radical (unpaired) electrons. The van der Waals surface area contributed by atoms with Gasteiger partial charge in [-0.05, 0) is 36.8 Å². The van der Waals surface area contributed by atoms with Gasteiger partial charge in [0.25, 0.3) is 0 Å². The molecule has 0 saturated carbocycles. The molecule has 0 fully saturated rings. The second-order valence-corrected chi connectivity index (χ2v) is 9.14. The van der Waals surface area contributed by atoms with Crippen molar-refractivity contribution in [2.24, 2.45) is 0 Å². The van der Waals surface area contributed by atoms with Gasteiger partial charge in [0.1, 0.15) is 5.69 Å². The van der Waals surface area contributed by atoms with Crippen LogP contribution in [0.1, 0.15) is 23.0 Å². The molecule has 0 N–H and O–H groups in total. The van der Waals surface area contributed by atoms with Gasteiger partial charge in [-0.3, -0.25) is 4.98 Å². The van der Waals surface area contributed by atoms with Gasteiger partial charge in [-0.25, -0.2) is 4.79 Å². The predicted octanol–water partition coefficient (Wildman–Crippen LogP) is 2.96. The summed E-state index contributed by atoms with van der Waals surface area (Å²) in [6, 6.07) is 12.4. The van der Waals surface area contributed by atoms with Crippen LogP contribution in [0.4, 0.5) is 0 Å². The lowest BCUT2D eigenvalue weighted by Crippen LogP contribution is -2.22. The van der Waals surface area contributed by atoms with Crippen molar-refractivity contribution in [3.05, 3.63) is 60.0 Å². The van der Waals surface area contributed by atoms with Gasteiger partial charge >= 0.3 is 5.97 Å². The van der Waals surface area contributed by atoms with Crippen molar-refractivity contribution in [2.75, 3.05) is 6.61 Å². The first-order chi connectivity index (χ1) is 11.6. The van der Waals surface area contributed by atoms with Crippen LogP contribution in [0, 0.1) is 0 Å². The summed E-state index contributed by atoms with van der Waals surface area (Å²) in [7, 11) is -0.910. The molecule has 24 heavy (non-hydrogen) atoms. The Bertz CT molecular complexity index is 856. The van der Waals surface area contributed by atoms with Gasteiger partial charge in [0.05, 0.1) is 15.4 Å². The molecule has 0 spiro atoms. The largest absolute Gasteiger partial charge is 0.461 e. The van der Waals surface area contributed by atoms with E-state index in [1.165, 1.54) is 5.19 Å². The van der Waals surface area contributed by atoms with E-state index in [2.05, 4.69) is 40.8 Å². The third-order valence-corrected chi connectivity index (χ3v) is 5.86. The standard InChI is InChI=1S/C19H22N2O2Si/c1-4-23-19(22)18-11-15-5-6-16(24(2)3)12-17(15)21(18)13-14-7-9-20-10-8-14/h5-12,24H,4,13H2,1-3H3. The monoisotopic (exact) mass is 338 g/mol. The van der Waals surface area contributed by atoms with Crippen LogP contribution in [0.2, 0.25) is 13.1 Å². The average molecular weight is 338 g/mol. The Morgan fingerprint density at radius 1 is 1.17 bits per heavy atom. The molecule has 124 valence electrons. The lowest BCUT2D eigenvalue weighted by atomic mass is 10.2. The summed E-state index contributed by atoms with van der Waals surface area (Å²) in [5, 5.41) is 2.47. The molecule has 0 amide bonds. The van der Waals surface area contributed by atoms with Crippen LogP contribution in [-0.4, -0.2) is 30.9 Å². The van der Waals surface area contributed by atoms with Crippen LogP contribution in [0.5, 0.6) is 0 Å². The second-order valence-electron chi connectivity index (χ2n) is 6.16. The van der Waals surface area contributed by atoms with Crippen molar-refractivity contribution in [2.45, 2.75) is 26.6 Å². The number of carbonyl (C=O) groups excluding carboxylic acids is 1. The molecule has 4 nitrogen and oxygen atoms in total. The highest BCUT2D eigenvalue weighted by atomic mass is 28.3. The molecule has 2 aromatic heterocycles. The molecule has 1 aromatic carbocycles. The van der Waals surface area contributed by atoms with E-state index in [0.717, 1.165) is 16.5 Å². The van der Waals surface area contributed by atoms with Crippen molar-refractivity contribution in [1.29, 1.82) is 0 Å². The molecule has 5 heteroatoms. The van der Waals surface area contributed by atoms with Gasteiger partial charge in [-0.2, -0.15) is 0 Å². The van der Waals surface area contributed by atoms with E-state index in [0.29, 0.717) is 18.8 Å². The number of aromatic nitrogens is 2. The van der Waals surface area contributed by atoms with Crippen molar-refractivity contribution >= 4 is 30.9 Å². The van der Waals surface area contributed by atoms with Crippen LogP contribution < -0.4 is 5.19 Å². The summed E-state index contributed by atoms with van der Waals surface area (Å²) in [4.78, 5) is 16.5. The number of rotatable bonds is 5. The normalized spacial score (nSPS) is 11.2. The Balaban J connectivity index is 2.14. The number of hydrogen-bond donors (Lipinski definition) is 0. The number of pyridine rings is 1. The summed E-state index contributed by atoms with van der Waals surface area (Å²) >= 11 is 0. The molecule has 0 aliphatic carbocycles. The zero-order valence-electron chi connectivity index (χ0n) is 14.3. The number of fused-ring (bicyclic) bond motifs is 1. The van der Waals surface area contributed by atoms with Crippen LogP contribution >= 0.6 is 0 Å². The number of hydrogen-bond acceptors (Lipinski definition) is 3. The third kappa shape index (κ3) is 3.26. The molecular weight excluding hydrogens is 316 g/mol. The summed E-state index contributed by atoms with van der Waals surface area (Å²) in [6.07, 6.45) is 3.55. The summed E-state index contributed by atoms with van der Waals surface area (Å²) < 4.78 is 7.31. The molecule has 0 aliphatic rings. The lowest BCUT2D eigenvalue weighted by molar-refractivity contribution is 0.0515. The molecule has 3 rings (SSSR count). The highest BCUT2D eigenvalue weighted by Gasteiger charge is 2.17. The number of esters is 1. The Morgan fingerprint density at radius 3 is 2.58 bits per heavy atom. The van der Waals surface area contributed by atoms with Crippen molar-refractivity contribution in [3.63, 3.8) is 0 Å². The average Bonchev–Trinajstić information content (AvgIpc) is 2.94. The molecular formula is C19H22N2O2Si. The lowest BCUT2D eigenvalue weighted by Gasteiger charge is -2.11. The Labute approximate surface area is 143 Å². The fourth-order valence-corrected chi connectivity index (χ4v) is 3.82. The number of nitrogens with zero attached hydrogens (tertiary/aromatic N) is 2. The van der Waals surface area contributed by atoms with E-state index < -0.39 is 8.80 Å². The Kier molecular flexibility index (Phi) is 4.80. The first kappa shape index (κ1) is 16.5. The quantitative estimate of drug-likeness (QED) is 0.531. The third-order valence-electron chi connectivity index (χ3n) is 4.17. The minimum absolute atomic E-state index is 0.272. The Morgan fingerprint density at radius 2 is 1.92 bits per heavy atom. The van der Waals surface area contributed by atoms with E-state index in [1.807, 2.05) is 25.1 Å². The van der Waals surface area contributed by atoms with E-state index in [4.69, 9.17) is 4.74 Å². The highest BCUT2D eigenvalue weighted by Crippen LogP contribution is 2.22.